The summed E-state index contributed by atoms with van der Waals surface area (Å²) in [6, 6.07) is 11.3. The lowest BCUT2D eigenvalue weighted by Crippen LogP contribution is -2.41. The lowest BCUT2D eigenvalue weighted by Gasteiger charge is -2.29. The van der Waals surface area contributed by atoms with Crippen LogP contribution in [0.25, 0.3) is 16.8 Å². The number of rotatable bonds is 2. The summed E-state index contributed by atoms with van der Waals surface area (Å²) < 4.78 is 15.3. The van der Waals surface area contributed by atoms with Gasteiger partial charge in [0.2, 0.25) is 0 Å². The molecule has 118 valence electrons. The van der Waals surface area contributed by atoms with Crippen molar-refractivity contribution in [3.8, 4) is 5.75 Å². The molecule has 0 aliphatic carbocycles. The van der Waals surface area contributed by atoms with Gasteiger partial charge >= 0.3 is 11.9 Å². The Kier molecular flexibility index (Phi) is 3.56. The van der Waals surface area contributed by atoms with Gasteiger partial charge in [-0.3, -0.25) is 0 Å². The molecule has 0 spiro atoms. The Hall–Kier alpha value is -2.82. The van der Waals surface area contributed by atoms with Crippen molar-refractivity contribution in [1.82, 2.24) is 0 Å². The normalized spacial score (nSPS) is 16.7. The predicted octanol–water partition coefficient (Wildman–Crippen LogP) is 3.07. The molecule has 2 aromatic carbocycles. The number of benzene rings is 2. The summed E-state index contributed by atoms with van der Waals surface area (Å²) in [5, 5.41) is 1.97. The molecule has 1 fully saturated rings. The minimum atomic E-state index is -1.23. The highest BCUT2D eigenvalue weighted by atomic mass is 16.7. The van der Waals surface area contributed by atoms with E-state index in [2.05, 4.69) is 0 Å². The van der Waals surface area contributed by atoms with Crippen molar-refractivity contribution >= 4 is 28.8 Å². The Morgan fingerprint density at radius 3 is 2.22 bits per heavy atom. The lowest BCUT2D eigenvalue weighted by atomic mass is 10.0. The average molecular weight is 312 g/mol. The van der Waals surface area contributed by atoms with Crippen molar-refractivity contribution in [2.75, 3.05) is 7.11 Å². The molecule has 0 unspecified atom stereocenters. The highest BCUT2D eigenvalue weighted by Crippen LogP contribution is 2.26. The van der Waals surface area contributed by atoms with Crippen molar-refractivity contribution in [2.45, 2.75) is 19.6 Å². The third-order valence-corrected chi connectivity index (χ3v) is 3.50. The molecule has 23 heavy (non-hydrogen) atoms. The van der Waals surface area contributed by atoms with Crippen LogP contribution in [0.1, 0.15) is 19.4 Å². The van der Waals surface area contributed by atoms with Gasteiger partial charge in [-0.2, -0.15) is 0 Å². The molecule has 0 amide bonds. The highest BCUT2D eigenvalue weighted by Gasteiger charge is 2.38. The minimum absolute atomic E-state index is 0.114. The van der Waals surface area contributed by atoms with Gasteiger partial charge in [-0.1, -0.05) is 18.2 Å². The van der Waals surface area contributed by atoms with Gasteiger partial charge in [0.1, 0.15) is 11.3 Å². The molecular weight excluding hydrogens is 296 g/mol. The number of hydrogen-bond donors (Lipinski definition) is 0. The van der Waals surface area contributed by atoms with Crippen LogP contribution in [0.4, 0.5) is 0 Å². The average Bonchev–Trinajstić information content (AvgIpc) is 2.49. The number of carbonyl (C=O) groups excluding carboxylic acids is 2. The van der Waals surface area contributed by atoms with Crippen LogP contribution < -0.4 is 4.74 Å². The monoisotopic (exact) mass is 312 g/mol. The molecule has 0 aromatic heterocycles. The van der Waals surface area contributed by atoms with Gasteiger partial charge in [0.05, 0.1) is 7.11 Å². The molecule has 1 heterocycles. The Labute approximate surface area is 133 Å². The van der Waals surface area contributed by atoms with E-state index in [1.165, 1.54) is 19.9 Å². The summed E-state index contributed by atoms with van der Waals surface area (Å²) in [4.78, 5) is 23.9. The van der Waals surface area contributed by atoms with Crippen molar-refractivity contribution < 1.29 is 23.8 Å². The fourth-order valence-corrected chi connectivity index (χ4v) is 2.40. The van der Waals surface area contributed by atoms with Gasteiger partial charge in [0.15, 0.2) is 0 Å². The molecule has 2 aromatic rings. The predicted molar refractivity (Wildman–Crippen MR) is 84.7 cm³/mol. The van der Waals surface area contributed by atoms with Crippen LogP contribution in [0.3, 0.4) is 0 Å². The molecule has 1 aliphatic rings. The number of fused-ring (bicyclic) bond motifs is 1. The van der Waals surface area contributed by atoms with E-state index in [4.69, 9.17) is 14.2 Å². The molecule has 0 N–H and O–H groups in total. The van der Waals surface area contributed by atoms with E-state index in [1.807, 2.05) is 36.4 Å². The first-order valence-corrected chi connectivity index (χ1v) is 7.14. The second-order valence-corrected chi connectivity index (χ2v) is 5.71. The van der Waals surface area contributed by atoms with Crippen LogP contribution >= 0.6 is 0 Å². The fraction of sp³-hybridized carbons (Fsp3) is 0.222. The highest BCUT2D eigenvalue weighted by molar-refractivity contribution is 6.19. The smallest absolute Gasteiger partial charge is 0.348 e. The van der Waals surface area contributed by atoms with E-state index in [0.717, 1.165) is 16.5 Å². The van der Waals surface area contributed by atoms with Gasteiger partial charge in [-0.05, 0) is 40.6 Å². The summed E-state index contributed by atoms with van der Waals surface area (Å²) in [5.74, 6) is -1.82. The third-order valence-electron chi connectivity index (χ3n) is 3.50. The van der Waals surface area contributed by atoms with E-state index in [-0.39, 0.29) is 5.57 Å². The van der Waals surface area contributed by atoms with Crippen LogP contribution in [-0.2, 0) is 19.1 Å². The zero-order valence-corrected chi connectivity index (χ0v) is 13.1. The van der Waals surface area contributed by atoms with Crippen LogP contribution in [0.15, 0.2) is 42.0 Å². The van der Waals surface area contributed by atoms with Gasteiger partial charge in [0, 0.05) is 13.8 Å². The maximum absolute atomic E-state index is 12.0. The summed E-state index contributed by atoms with van der Waals surface area (Å²) in [6.45, 7) is 3.03. The number of methoxy groups -OCH3 is 1. The Morgan fingerprint density at radius 1 is 0.957 bits per heavy atom. The first-order valence-electron chi connectivity index (χ1n) is 7.14. The number of esters is 2. The van der Waals surface area contributed by atoms with Gasteiger partial charge in [-0.15, -0.1) is 0 Å². The van der Waals surface area contributed by atoms with E-state index in [1.54, 1.807) is 7.11 Å². The minimum Gasteiger partial charge on any atom is -0.497 e. The molecule has 0 radical (unpaired) electrons. The van der Waals surface area contributed by atoms with Crippen LogP contribution in [-0.4, -0.2) is 24.8 Å². The topological polar surface area (TPSA) is 61.8 Å². The van der Waals surface area contributed by atoms with Gasteiger partial charge < -0.3 is 14.2 Å². The molecular formula is C18H16O5. The number of hydrogen-bond acceptors (Lipinski definition) is 5. The maximum Gasteiger partial charge on any atom is 0.348 e. The Morgan fingerprint density at radius 2 is 1.57 bits per heavy atom. The van der Waals surface area contributed by atoms with Crippen molar-refractivity contribution in [3.63, 3.8) is 0 Å². The molecule has 1 aliphatic heterocycles. The molecule has 0 saturated carbocycles. The van der Waals surface area contributed by atoms with Crippen LogP contribution in [0, 0.1) is 0 Å². The fourth-order valence-electron chi connectivity index (χ4n) is 2.40. The molecule has 5 heteroatoms. The standard InChI is InChI=1S/C18H16O5/c1-18(2)22-16(19)15(17(20)23-18)9-11-4-5-13-10-14(21-3)7-6-12(13)8-11/h4-10H,1-3H3. The number of ether oxygens (including phenoxy) is 3. The quantitative estimate of drug-likeness (QED) is 0.484. The van der Waals surface area contributed by atoms with Crippen molar-refractivity contribution in [3.05, 3.63) is 47.5 Å². The van der Waals surface area contributed by atoms with Crippen molar-refractivity contribution in [2.24, 2.45) is 0 Å². The van der Waals surface area contributed by atoms with Crippen LogP contribution in [0.2, 0.25) is 0 Å². The zero-order chi connectivity index (χ0) is 16.6. The largest absolute Gasteiger partial charge is 0.497 e. The van der Waals surface area contributed by atoms with E-state index in [0.29, 0.717) is 5.56 Å². The van der Waals surface area contributed by atoms with E-state index >= 15 is 0 Å². The maximum atomic E-state index is 12.0. The summed E-state index contributed by atoms with van der Waals surface area (Å²) >= 11 is 0. The van der Waals surface area contributed by atoms with Gasteiger partial charge in [-0.25, -0.2) is 9.59 Å². The third kappa shape index (κ3) is 3.04. The zero-order valence-electron chi connectivity index (χ0n) is 13.1. The second-order valence-electron chi connectivity index (χ2n) is 5.71. The summed E-state index contributed by atoms with van der Waals surface area (Å²) in [5.41, 5.74) is 0.600. The van der Waals surface area contributed by atoms with E-state index < -0.39 is 17.7 Å². The number of cyclic esters (lactones) is 2. The Bertz CT molecular complexity index is 810. The van der Waals surface area contributed by atoms with Crippen molar-refractivity contribution in [1.29, 1.82) is 0 Å². The number of carbonyl (C=O) groups is 2. The molecule has 0 bridgehead atoms. The van der Waals surface area contributed by atoms with Crippen LogP contribution in [0.5, 0.6) is 5.75 Å². The first-order chi connectivity index (χ1) is 10.9. The van der Waals surface area contributed by atoms with E-state index in [9.17, 15) is 9.59 Å². The lowest BCUT2D eigenvalue weighted by molar-refractivity contribution is -0.222. The molecule has 3 rings (SSSR count). The first kappa shape index (κ1) is 15.1. The molecule has 1 saturated heterocycles. The second kappa shape index (κ2) is 5.43. The summed E-state index contributed by atoms with van der Waals surface area (Å²) in [6.07, 6.45) is 1.48. The summed E-state index contributed by atoms with van der Waals surface area (Å²) in [7, 11) is 1.61. The van der Waals surface area contributed by atoms with Gasteiger partial charge in [0.25, 0.3) is 5.79 Å². The SMILES string of the molecule is COc1ccc2cc(C=C3C(=O)OC(C)(C)OC3=O)ccc2c1. The molecule has 5 nitrogen and oxygen atoms in total. The molecule has 0 atom stereocenters. The Balaban J connectivity index is 1.97.